The molecule has 0 saturated heterocycles. The van der Waals surface area contributed by atoms with Crippen molar-refractivity contribution in [1.29, 1.82) is 0 Å². The fraction of sp³-hybridized carbons (Fsp3) is 0.250. The molecule has 4 heteroatoms. The first-order valence-corrected chi connectivity index (χ1v) is 21.0. The van der Waals surface area contributed by atoms with Crippen molar-refractivity contribution in [3.63, 3.8) is 0 Å². The first-order chi connectivity index (χ1) is 28.4. The van der Waals surface area contributed by atoms with Gasteiger partial charge >= 0.3 is 0 Å². The average molecular weight is 789 g/mol. The molecule has 302 valence electrons. The summed E-state index contributed by atoms with van der Waals surface area (Å²) in [6.45, 7) is 22.1. The first kappa shape index (κ1) is 40.5. The van der Waals surface area contributed by atoms with Crippen LogP contribution in [0.1, 0.15) is 103 Å². The summed E-state index contributed by atoms with van der Waals surface area (Å²) in [5, 5.41) is 11.8. The van der Waals surface area contributed by atoms with Gasteiger partial charge in [0.05, 0.1) is 11.3 Å². The van der Waals surface area contributed by atoms with Gasteiger partial charge in [0.2, 0.25) is 5.89 Å². The number of aromatic nitrogens is 2. The van der Waals surface area contributed by atoms with Gasteiger partial charge in [0.25, 0.3) is 0 Å². The Morgan fingerprint density at radius 2 is 1.05 bits per heavy atom. The molecule has 0 fully saturated rings. The van der Waals surface area contributed by atoms with E-state index in [1.165, 1.54) is 16.7 Å². The third kappa shape index (κ3) is 7.68. The third-order valence-corrected chi connectivity index (χ3v) is 12.4. The summed E-state index contributed by atoms with van der Waals surface area (Å²) in [5.74, 6) is 0.609. The summed E-state index contributed by atoms with van der Waals surface area (Å²) in [4.78, 5) is 10.1. The molecule has 0 saturated carbocycles. The summed E-state index contributed by atoms with van der Waals surface area (Å²) in [7, 11) is 0. The summed E-state index contributed by atoms with van der Waals surface area (Å²) < 4.78 is 6.55. The van der Waals surface area contributed by atoms with Crippen LogP contribution >= 0.6 is 0 Å². The molecule has 8 aromatic rings. The van der Waals surface area contributed by atoms with E-state index in [1.54, 1.807) is 0 Å². The Morgan fingerprint density at radius 1 is 0.450 bits per heavy atom. The highest BCUT2D eigenvalue weighted by Crippen LogP contribution is 2.44. The number of fused-ring (bicyclic) bond motifs is 1. The molecule has 4 nitrogen and oxygen atoms in total. The van der Waals surface area contributed by atoms with Crippen LogP contribution in [0.3, 0.4) is 0 Å². The number of aromatic hydroxyl groups is 1. The second-order valence-corrected chi connectivity index (χ2v) is 19.4. The molecule has 0 aliphatic carbocycles. The van der Waals surface area contributed by atoms with Gasteiger partial charge in [0.1, 0.15) is 11.3 Å². The van der Waals surface area contributed by atoms with Crippen LogP contribution in [0.25, 0.3) is 56.1 Å². The number of rotatable bonds is 8. The van der Waals surface area contributed by atoms with Gasteiger partial charge in [0.15, 0.2) is 5.58 Å². The Bertz CT molecular complexity index is 2820. The minimum absolute atomic E-state index is 0.120. The summed E-state index contributed by atoms with van der Waals surface area (Å²) in [6, 6.07) is 51.6. The van der Waals surface area contributed by atoms with Crippen LogP contribution in [0.5, 0.6) is 5.75 Å². The minimum Gasteiger partial charge on any atom is -0.507 e. The summed E-state index contributed by atoms with van der Waals surface area (Å²) in [5.41, 5.74) is 14.2. The summed E-state index contributed by atoms with van der Waals surface area (Å²) in [6.07, 6.45) is 1.91. The molecule has 0 unspecified atom stereocenters. The molecule has 8 rings (SSSR count). The third-order valence-electron chi connectivity index (χ3n) is 12.4. The van der Waals surface area contributed by atoms with Crippen molar-refractivity contribution in [3.05, 3.63) is 185 Å². The lowest BCUT2D eigenvalue weighted by Gasteiger charge is -2.27. The molecule has 0 amide bonds. The Labute approximate surface area is 356 Å². The molecule has 0 spiro atoms. The predicted molar refractivity (Wildman–Crippen MR) is 250 cm³/mol. The van der Waals surface area contributed by atoms with Gasteiger partial charge in [-0.15, -0.1) is 0 Å². The first-order valence-electron chi connectivity index (χ1n) is 21.0. The fourth-order valence-electron chi connectivity index (χ4n) is 8.28. The zero-order valence-electron chi connectivity index (χ0n) is 36.7. The maximum atomic E-state index is 11.8. The number of para-hydroxylation sites is 1. The van der Waals surface area contributed by atoms with E-state index in [0.29, 0.717) is 17.0 Å². The molecule has 0 bridgehead atoms. The molecule has 2 heterocycles. The minimum atomic E-state index is -0.323. The van der Waals surface area contributed by atoms with Crippen LogP contribution in [0, 0.1) is 0 Å². The highest BCUT2D eigenvalue weighted by atomic mass is 16.3. The van der Waals surface area contributed by atoms with Gasteiger partial charge in [0, 0.05) is 33.7 Å². The van der Waals surface area contributed by atoms with Gasteiger partial charge in [-0.2, -0.15) is 0 Å². The average Bonchev–Trinajstić information content (AvgIpc) is 3.68. The molecule has 60 heavy (non-hydrogen) atoms. The van der Waals surface area contributed by atoms with Crippen LogP contribution < -0.4 is 0 Å². The zero-order chi connectivity index (χ0) is 42.6. The SMILES string of the molecule is CC(C)(C)c1cc(-c2nc3c(-c4cc(-c5cc(-c6ccc(C(C)(C)c7ccccc7)cc6)ccn5)cc(C(C)(C)c5ccccc5)c4)cccc3o2)c(O)c(C(C)(C)C)c1. The van der Waals surface area contributed by atoms with E-state index in [2.05, 4.69) is 197 Å². The van der Waals surface area contributed by atoms with Crippen molar-refractivity contribution in [1.82, 2.24) is 9.97 Å². The summed E-state index contributed by atoms with van der Waals surface area (Å²) >= 11 is 0. The number of benzene rings is 6. The molecule has 0 radical (unpaired) electrons. The van der Waals surface area contributed by atoms with Crippen molar-refractivity contribution in [2.75, 3.05) is 0 Å². The standard InChI is InChI=1S/C56H56N2O2/c1-53(2,3)43-34-46(51(59)47(35-43)54(4,5)6)52-58-50-45(22-17-23-49(50)60-52)38-30-39(32-44(31-38)56(9,10)41-20-15-12-16-21-41)48-33-37(28-29-57-48)36-24-26-42(27-25-36)55(7,8)40-18-13-11-14-19-40/h11-35,59H,1-10H3. The molecule has 1 N–H and O–H groups in total. The molecule has 0 atom stereocenters. The van der Waals surface area contributed by atoms with E-state index in [0.717, 1.165) is 55.7 Å². The lowest BCUT2D eigenvalue weighted by Crippen LogP contribution is -2.19. The van der Waals surface area contributed by atoms with Gasteiger partial charge < -0.3 is 9.52 Å². The molecule has 2 aromatic heterocycles. The topological polar surface area (TPSA) is 59.2 Å². The molecule has 6 aromatic carbocycles. The second kappa shape index (κ2) is 15.1. The smallest absolute Gasteiger partial charge is 0.231 e. The van der Waals surface area contributed by atoms with Crippen molar-refractivity contribution >= 4 is 11.1 Å². The number of oxazole rings is 1. The maximum absolute atomic E-state index is 11.8. The molecule has 0 aliphatic rings. The van der Waals surface area contributed by atoms with Crippen LogP contribution in [0.2, 0.25) is 0 Å². The molecular formula is C56H56N2O2. The number of hydrogen-bond donors (Lipinski definition) is 1. The maximum Gasteiger partial charge on any atom is 0.231 e. The van der Waals surface area contributed by atoms with E-state index in [9.17, 15) is 5.11 Å². The fourth-order valence-corrected chi connectivity index (χ4v) is 8.28. The number of nitrogens with zero attached hydrogens (tertiary/aromatic N) is 2. The predicted octanol–water partition coefficient (Wildman–Crippen LogP) is 14.8. The van der Waals surface area contributed by atoms with Gasteiger partial charge in [-0.1, -0.05) is 178 Å². The van der Waals surface area contributed by atoms with Gasteiger partial charge in [-0.3, -0.25) is 4.98 Å². The zero-order valence-corrected chi connectivity index (χ0v) is 36.7. The quantitative estimate of drug-likeness (QED) is 0.167. The van der Waals surface area contributed by atoms with Crippen molar-refractivity contribution in [2.45, 2.75) is 90.9 Å². The van der Waals surface area contributed by atoms with E-state index in [4.69, 9.17) is 14.4 Å². The lowest BCUT2D eigenvalue weighted by molar-refractivity contribution is 0.444. The van der Waals surface area contributed by atoms with Crippen LogP contribution in [-0.2, 0) is 21.7 Å². The van der Waals surface area contributed by atoms with Crippen LogP contribution in [0.15, 0.2) is 156 Å². The Kier molecular flexibility index (Phi) is 10.2. The number of phenols is 1. The highest BCUT2D eigenvalue weighted by molar-refractivity contribution is 5.94. The largest absolute Gasteiger partial charge is 0.507 e. The normalized spacial score (nSPS) is 12.6. The van der Waals surface area contributed by atoms with Gasteiger partial charge in [-0.25, -0.2) is 4.98 Å². The number of hydrogen-bond acceptors (Lipinski definition) is 4. The van der Waals surface area contributed by atoms with Crippen LogP contribution in [-0.4, -0.2) is 15.1 Å². The van der Waals surface area contributed by atoms with E-state index >= 15 is 0 Å². The van der Waals surface area contributed by atoms with Crippen molar-refractivity contribution in [3.8, 4) is 50.7 Å². The number of pyridine rings is 1. The van der Waals surface area contributed by atoms with E-state index < -0.39 is 0 Å². The second-order valence-electron chi connectivity index (χ2n) is 19.4. The Balaban J connectivity index is 1.26. The molecule has 0 aliphatic heterocycles. The monoisotopic (exact) mass is 788 g/mol. The highest BCUT2D eigenvalue weighted by Gasteiger charge is 2.29. The van der Waals surface area contributed by atoms with Crippen molar-refractivity contribution in [2.24, 2.45) is 0 Å². The van der Waals surface area contributed by atoms with E-state index in [1.807, 2.05) is 24.4 Å². The van der Waals surface area contributed by atoms with Gasteiger partial charge in [-0.05, 0) is 91.7 Å². The lowest BCUT2D eigenvalue weighted by atomic mass is 9.76. The van der Waals surface area contributed by atoms with Crippen molar-refractivity contribution < 1.29 is 9.52 Å². The Hall–Kier alpha value is -6.26. The van der Waals surface area contributed by atoms with E-state index in [-0.39, 0.29) is 27.4 Å². The Morgan fingerprint density at radius 3 is 1.67 bits per heavy atom. The number of phenolic OH excluding ortho intramolecular Hbond substituents is 1. The van der Waals surface area contributed by atoms with Crippen LogP contribution in [0.4, 0.5) is 0 Å². The molecular weight excluding hydrogens is 733 g/mol.